The molecule has 7 heteroatoms. The summed E-state index contributed by atoms with van der Waals surface area (Å²) >= 11 is 0. The van der Waals surface area contributed by atoms with E-state index < -0.39 is 0 Å². The van der Waals surface area contributed by atoms with Crippen molar-refractivity contribution in [2.24, 2.45) is 11.8 Å². The number of rotatable bonds is 5. The zero-order valence-electron chi connectivity index (χ0n) is 17.6. The van der Waals surface area contributed by atoms with Crippen LogP contribution >= 0.6 is 0 Å². The van der Waals surface area contributed by atoms with Crippen LogP contribution in [0.15, 0.2) is 36.7 Å². The lowest BCUT2D eigenvalue weighted by Gasteiger charge is -2.32. The highest BCUT2D eigenvalue weighted by atomic mass is 16.5. The maximum atomic E-state index is 13.1. The predicted molar refractivity (Wildman–Crippen MR) is 112 cm³/mol. The number of carbonyl (C=O) groups excluding carboxylic acids is 1. The van der Waals surface area contributed by atoms with Gasteiger partial charge in [-0.25, -0.2) is 9.97 Å². The third kappa shape index (κ3) is 3.79. The Bertz CT molecular complexity index is 887. The zero-order valence-corrected chi connectivity index (χ0v) is 17.6. The summed E-state index contributed by atoms with van der Waals surface area (Å²) in [5.41, 5.74) is 2.50. The van der Waals surface area contributed by atoms with Crippen molar-refractivity contribution in [2.45, 2.75) is 13.0 Å². The number of carbonyl (C=O) groups is 1. The maximum Gasteiger partial charge on any atom is 0.237 e. The zero-order chi connectivity index (χ0) is 20.5. The summed E-state index contributed by atoms with van der Waals surface area (Å²) in [6.45, 7) is 5.12. The minimum atomic E-state index is 0.0994. The Morgan fingerprint density at radius 3 is 2.72 bits per heavy atom. The molecule has 3 heterocycles. The molecular formula is C22H29N5O2. The number of nitrogens with zero attached hydrogens (tertiary/aromatic N) is 5. The number of ether oxygens (including phenoxy) is 1. The Morgan fingerprint density at radius 1 is 1.21 bits per heavy atom. The molecule has 2 aromatic rings. The van der Waals surface area contributed by atoms with Gasteiger partial charge in [0.1, 0.15) is 12.1 Å². The fraction of sp³-hybridized carbons (Fsp3) is 0.500. The highest BCUT2D eigenvalue weighted by Crippen LogP contribution is 2.46. The summed E-state index contributed by atoms with van der Waals surface area (Å²) in [7, 11) is 5.51. The number of amides is 1. The van der Waals surface area contributed by atoms with Gasteiger partial charge < -0.3 is 19.4 Å². The fourth-order valence-electron chi connectivity index (χ4n) is 4.78. The van der Waals surface area contributed by atoms with Gasteiger partial charge in [0.15, 0.2) is 0 Å². The first-order chi connectivity index (χ1) is 14.0. The first-order valence-electron chi connectivity index (χ1n) is 10.1. The molecule has 0 bridgehead atoms. The number of aryl methyl sites for hydroxylation is 1. The molecule has 154 valence electrons. The van der Waals surface area contributed by atoms with E-state index in [9.17, 15) is 4.79 Å². The molecule has 2 fully saturated rings. The highest BCUT2D eigenvalue weighted by molar-refractivity contribution is 5.79. The van der Waals surface area contributed by atoms with Crippen molar-refractivity contribution in [1.29, 1.82) is 0 Å². The average Bonchev–Trinajstić information content (AvgIpc) is 3.26. The van der Waals surface area contributed by atoms with E-state index in [1.54, 1.807) is 13.4 Å². The Labute approximate surface area is 172 Å². The van der Waals surface area contributed by atoms with E-state index in [4.69, 9.17) is 4.74 Å². The van der Waals surface area contributed by atoms with Gasteiger partial charge in [0.05, 0.1) is 19.7 Å². The van der Waals surface area contributed by atoms with Crippen molar-refractivity contribution in [2.75, 3.05) is 52.3 Å². The van der Waals surface area contributed by atoms with Crippen molar-refractivity contribution in [3.8, 4) is 5.88 Å². The molecule has 3 atom stereocenters. The molecular weight excluding hydrogens is 366 g/mol. The van der Waals surface area contributed by atoms with Gasteiger partial charge in [-0.3, -0.25) is 4.79 Å². The quantitative estimate of drug-likeness (QED) is 0.772. The van der Waals surface area contributed by atoms with E-state index in [0.29, 0.717) is 24.3 Å². The van der Waals surface area contributed by atoms with Crippen molar-refractivity contribution in [1.82, 2.24) is 19.8 Å². The summed E-state index contributed by atoms with van der Waals surface area (Å²) in [4.78, 5) is 28.0. The Balaban J connectivity index is 1.63. The average molecular weight is 396 g/mol. The standard InChI is InChI=1S/C22H29N5O2/c1-15-7-5-6-8-17(15)22-18-12-26(19-9-20(29-4)24-14-23-19)10-16(18)11-27(22)21(28)13-25(2)3/h5-9,14,16,18,22H,10-13H2,1-4H3/t16-,18-,22+/m1/s1. The van der Waals surface area contributed by atoms with Gasteiger partial charge in [0, 0.05) is 37.5 Å². The van der Waals surface area contributed by atoms with Crippen molar-refractivity contribution in [3.05, 3.63) is 47.8 Å². The molecule has 0 saturated carbocycles. The van der Waals surface area contributed by atoms with E-state index >= 15 is 0 Å². The highest BCUT2D eigenvalue weighted by Gasteiger charge is 2.49. The number of hydrogen-bond acceptors (Lipinski definition) is 6. The largest absolute Gasteiger partial charge is 0.481 e. The van der Waals surface area contributed by atoms with E-state index in [1.165, 1.54) is 11.1 Å². The first kappa shape index (κ1) is 19.6. The fourth-order valence-corrected chi connectivity index (χ4v) is 4.78. The van der Waals surface area contributed by atoms with Crippen LogP contribution in [0.25, 0.3) is 0 Å². The van der Waals surface area contributed by atoms with E-state index in [0.717, 1.165) is 25.5 Å². The lowest BCUT2D eigenvalue weighted by atomic mass is 9.87. The molecule has 2 aliphatic heterocycles. The summed E-state index contributed by atoms with van der Waals surface area (Å²) in [6, 6.07) is 10.4. The molecule has 29 heavy (non-hydrogen) atoms. The lowest BCUT2D eigenvalue weighted by Crippen LogP contribution is -2.40. The van der Waals surface area contributed by atoms with Gasteiger partial charge in [-0.05, 0) is 32.1 Å². The predicted octanol–water partition coefficient (Wildman–Crippen LogP) is 1.99. The van der Waals surface area contributed by atoms with Crippen LogP contribution in [0.4, 0.5) is 5.82 Å². The van der Waals surface area contributed by atoms with Crippen LogP contribution in [0.1, 0.15) is 17.2 Å². The third-order valence-corrected chi connectivity index (χ3v) is 6.10. The first-order valence-corrected chi connectivity index (χ1v) is 10.1. The number of methoxy groups -OCH3 is 1. The van der Waals surface area contributed by atoms with Crippen molar-refractivity contribution in [3.63, 3.8) is 0 Å². The minimum absolute atomic E-state index is 0.0994. The minimum Gasteiger partial charge on any atom is -0.481 e. The van der Waals surface area contributed by atoms with Crippen LogP contribution in [0.2, 0.25) is 0 Å². The van der Waals surface area contributed by atoms with E-state index in [1.807, 2.05) is 25.1 Å². The summed E-state index contributed by atoms with van der Waals surface area (Å²) in [5.74, 6) is 2.47. The van der Waals surface area contributed by atoms with Crippen LogP contribution in [-0.4, -0.2) is 73.1 Å². The van der Waals surface area contributed by atoms with Gasteiger partial charge in [-0.2, -0.15) is 0 Å². The van der Waals surface area contributed by atoms with Crippen LogP contribution in [-0.2, 0) is 4.79 Å². The molecule has 1 aromatic carbocycles. The van der Waals surface area contributed by atoms with E-state index in [-0.39, 0.29) is 11.9 Å². The molecule has 0 unspecified atom stereocenters. The summed E-state index contributed by atoms with van der Waals surface area (Å²) < 4.78 is 5.26. The second-order valence-electron chi connectivity index (χ2n) is 8.33. The number of hydrogen-bond donors (Lipinski definition) is 0. The summed E-state index contributed by atoms with van der Waals surface area (Å²) in [6.07, 6.45) is 1.55. The van der Waals surface area contributed by atoms with Crippen LogP contribution in [0.5, 0.6) is 5.88 Å². The number of fused-ring (bicyclic) bond motifs is 1. The molecule has 2 saturated heterocycles. The van der Waals surface area contributed by atoms with Gasteiger partial charge in [0.25, 0.3) is 0 Å². The molecule has 2 aliphatic rings. The normalized spacial score (nSPS) is 23.6. The second-order valence-corrected chi connectivity index (χ2v) is 8.33. The smallest absolute Gasteiger partial charge is 0.237 e. The Kier molecular flexibility index (Phi) is 5.41. The third-order valence-electron chi connectivity index (χ3n) is 6.10. The molecule has 0 aliphatic carbocycles. The molecule has 0 N–H and O–H groups in total. The number of likely N-dealkylation sites (N-methyl/N-ethyl adjacent to an activating group) is 1. The number of anilines is 1. The van der Waals surface area contributed by atoms with Crippen molar-refractivity contribution >= 4 is 11.7 Å². The number of likely N-dealkylation sites (tertiary alicyclic amines) is 1. The summed E-state index contributed by atoms with van der Waals surface area (Å²) in [5, 5.41) is 0. The second kappa shape index (κ2) is 7.99. The van der Waals surface area contributed by atoms with Crippen LogP contribution < -0.4 is 9.64 Å². The van der Waals surface area contributed by atoms with Crippen LogP contribution in [0.3, 0.4) is 0 Å². The molecule has 0 spiro atoms. The van der Waals surface area contributed by atoms with Crippen molar-refractivity contribution < 1.29 is 9.53 Å². The monoisotopic (exact) mass is 395 g/mol. The maximum absolute atomic E-state index is 13.1. The topological polar surface area (TPSA) is 61.8 Å². The lowest BCUT2D eigenvalue weighted by molar-refractivity contribution is -0.133. The molecule has 1 amide bonds. The number of benzene rings is 1. The van der Waals surface area contributed by atoms with E-state index in [2.05, 4.69) is 51.0 Å². The van der Waals surface area contributed by atoms with Crippen LogP contribution in [0, 0.1) is 18.8 Å². The number of aromatic nitrogens is 2. The van der Waals surface area contributed by atoms with Gasteiger partial charge in [0.2, 0.25) is 11.8 Å². The molecule has 0 radical (unpaired) electrons. The van der Waals surface area contributed by atoms with Gasteiger partial charge in [-0.15, -0.1) is 0 Å². The SMILES string of the molecule is COc1cc(N2C[C@@H]3CN(C(=O)CN(C)C)[C@@H](c4ccccc4C)[C@@H]3C2)ncn1. The molecule has 4 rings (SSSR count). The molecule has 7 nitrogen and oxygen atoms in total. The Morgan fingerprint density at radius 2 is 2.00 bits per heavy atom. The molecule has 1 aromatic heterocycles. The van der Waals surface area contributed by atoms with Gasteiger partial charge >= 0.3 is 0 Å². The van der Waals surface area contributed by atoms with Gasteiger partial charge in [-0.1, -0.05) is 24.3 Å². The Hall–Kier alpha value is -2.67.